The summed E-state index contributed by atoms with van der Waals surface area (Å²) in [7, 11) is 0. The van der Waals surface area contributed by atoms with E-state index in [0.29, 0.717) is 6.04 Å². The lowest BCUT2D eigenvalue weighted by atomic mass is 9.98. The van der Waals surface area contributed by atoms with E-state index in [9.17, 15) is 0 Å². The first kappa shape index (κ1) is 10.0. The Morgan fingerprint density at radius 2 is 1.93 bits per heavy atom. The van der Waals surface area contributed by atoms with Crippen LogP contribution >= 0.6 is 11.6 Å². The summed E-state index contributed by atoms with van der Waals surface area (Å²) in [6, 6.07) is 8.60. The fourth-order valence-electron chi connectivity index (χ4n) is 2.25. The molecule has 2 atom stereocenters. The van der Waals surface area contributed by atoms with Crippen LogP contribution in [-0.2, 0) is 6.42 Å². The third kappa shape index (κ3) is 2.49. The van der Waals surface area contributed by atoms with E-state index in [2.05, 4.69) is 12.1 Å². The average Bonchev–Trinajstić information content (AvgIpc) is 2.56. The van der Waals surface area contributed by atoms with Gasteiger partial charge < -0.3 is 5.73 Å². The molecule has 76 valence electrons. The van der Waals surface area contributed by atoms with Crippen molar-refractivity contribution in [3.63, 3.8) is 0 Å². The normalized spacial score (nSPS) is 26.7. The molecule has 2 rings (SSSR count). The minimum atomic E-state index is 0.437. The number of hydrogen-bond acceptors (Lipinski definition) is 1. The molecule has 1 aromatic carbocycles. The van der Waals surface area contributed by atoms with Crippen molar-refractivity contribution in [3.8, 4) is 0 Å². The topological polar surface area (TPSA) is 26.0 Å². The van der Waals surface area contributed by atoms with Crippen molar-refractivity contribution >= 4 is 11.6 Å². The minimum Gasteiger partial charge on any atom is -0.328 e. The molecule has 1 aliphatic carbocycles. The number of hydrogen-bond donors (Lipinski definition) is 1. The predicted molar refractivity (Wildman–Crippen MR) is 60.5 cm³/mol. The standard InChI is InChI=1S/C12H16ClN/c13-11-4-1-9(2-5-11)7-10-3-6-12(14)8-10/h1-2,4-5,10,12H,3,6-8,14H2. The van der Waals surface area contributed by atoms with Crippen molar-refractivity contribution in [2.24, 2.45) is 11.7 Å². The lowest BCUT2D eigenvalue weighted by molar-refractivity contribution is 0.535. The van der Waals surface area contributed by atoms with Gasteiger partial charge in [-0.3, -0.25) is 0 Å². The fourth-order valence-corrected chi connectivity index (χ4v) is 2.38. The summed E-state index contributed by atoms with van der Waals surface area (Å²) in [4.78, 5) is 0. The predicted octanol–water partition coefficient (Wildman–Crippen LogP) is 3.01. The highest BCUT2D eigenvalue weighted by atomic mass is 35.5. The number of benzene rings is 1. The van der Waals surface area contributed by atoms with Crippen molar-refractivity contribution in [3.05, 3.63) is 34.9 Å². The third-order valence-corrected chi connectivity index (χ3v) is 3.27. The SMILES string of the molecule is NC1CCC(Cc2ccc(Cl)cc2)C1. The zero-order valence-corrected chi connectivity index (χ0v) is 9.00. The van der Waals surface area contributed by atoms with Crippen LogP contribution in [0.25, 0.3) is 0 Å². The van der Waals surface area contributed by atoms with Crippen LogP contribution < -0.4 is 5.73 Å². The molecule has 2 unspecified atom stereocenters. The van der Waals surface area contributed by atoms with Crippen molar-refractivity contribution in [1.29, 1.82) is 0 Å². The highest BCUT2D eigenvalue weighted by Gasteiger charge is 2.21. The molecule has 14 heavy (non-hydrogen) atoms. The molecule has 1 aromatic rings. The van der Waals surface area contributed by atoms with Crippen LogP contribution in [0.4, 0.5) is 0 Å². The molecule has 0 heterocycles. The zero-order chi connectivity index (χ0) is 9.97. The average molecular weight is 210 g/mol. The Bertz CT molecular complexity index is 294. The molecule has 0 amide bonds. The second-order valence-electron chi connectivity index (χ2n) is 4.27. The Morgan fingerprint density at radius 3 is 2.50 bits per heavy atom. The van der Waals surface area contributed by atoms with Crippen LogP contribution in [0.2, 0.25) is 5.02 Å². The van der Waals surface area contributed by atoms with Crippen LogP contribution in [0.1, 0.15) is 24.8 Å². The van der Waals surface area contributed by atoms with E-state index in [0.717, 1.165) is 17.4 Å². The number of halogens is 1. The van der Waals surface area contributed by atoms with E-state index < -0.39 is 0 Å². The smallest absolute Gasteiger partial charge is 0.0406 e. The Morgan fingerprint density at radius 1 is 1.21 bits per heavy atom. The Labute approximate surface area is 90.3 Å². The molecular formula is C12H16ClN. The van der Waals surface area contributed by atoms with E-state index in [1.54, 1.807) is 0 Å². The third-order valence-electron chi connectivity index (χ3n) is 3.02. The summed E-state index contributed by atoms with van der Waals surface area (Å²) >= 11 is 5.83. The van der Waals surface area contributed by atoms with Crippen molar-refractivity contribution < 1.29 is 0 Å². The Balaban J connectivity index is 1.94. The second kappa shape index (κ2) is 4.33. The maximum absolute atomic E-state index is 5.88. The first-order valence-electron chi connectivity index (χ1n) is 5.24. The van der Waals surface area contributed by atoms with E-state index in [4.69, 9.17) is 17.3 Å². The van der Waals surface area contributed by atoms with Gasteiger partial charge in [0.25, 0.3) is 0 Å². The van der Waals surface area contributed by atoms with Gasteiger partial charge in [0.05, 0.1) is 0 Å². The Hall–Kier alpha value is -0.530. The van der Waals surface area contributed by atoms with Gasteiger partial charge in [-0.2, -0.15) is 0 Å². The van der Waals surface area contributed by atoms with Crippen LogP contribution in [0, 0.1) is 5.92 Å². The molecule has 1 saturated carbocycles. The van der Waals surface area contributed by atoms with Gasteiger partial charge in [-0.05, 0) is 49.3 Å². The van der Waals surface area contributed by atoms with Crippen LogP contribution in [0.15, 0.2) is 24.3 Å². The number of rotatable bonds is 2. The van der Waals surface area contributed by atoms with Crippen molar-refractivity contribution in [2.45, 2.75) is 31.7 Å². The van der Waals surface area contributed by atoms with E-state index in [1.165, 1.54) is 24.8 Å². The molecule has 1 fully saturated rings. The van der Waals surface area contributed by atoms with Crippen molar-refractivity contribution in [2.75, 3.05) is 0 Å². The second-order valence-corrected chi connectivity index (χ2v) is 4.71. The first-order chi connectivity index (χ1) is 6.74. The molecule has 2 N–H and O–H groups in total. The van der Waals surface area contributed by atoms with Gasteiger partial charge in [0.15, 0.2) is 0 Å². The Kier molecular flexibility index (Phi) is 3.09. The summed E-state index contributed by atoms with van der Waals surface area (Å²) in [5.41, 5.74) is 7.26. The van der Waals surface area contributed by atoms with Crippen LogP contribution in [0.5, 0.6) is 0 Å². The van der Waals surface area contributed by atoms with Gasteiger partial charge in [0, 0.05) is 11.1 Å². The summed E-state index contributed by atoms with van der Waals surface area (Å²) in [5.74, 6) is 0.783. The maximum atomic E-state index is 5.88. The van der Waals surface area contributed by atoms with Crippen LogP contribution in [0.3, 0.4) is 0 Å². The summed E-state index contributed by atoms with van der Waals surface area (Å²) in [6.45, 7) is 0. The quantitative estimate of drug-likeness (QED) is 0.796. The fraction of sp³-hybridized carbons (Fsp3) is 0.500. The van der Waals surface area contributed by atoms with Crippen LogP contribution in [-0.4, -0.2) is 6.04 Å². The monoisotopic (exact) mass is 209 g/mol. The lowest BCUT2D eigenvalue weighted by Gasteiger charge is -2.09. The molecule has 0 spiro atoms. The zero-order valence-electron chi connectivity index (χ0n) is 8.25. The highest BCUT2D eigenvalue weighted by Crippen LogP contribution is 2.27. The van der Waals surface area contributed by atoms with Gasteiger partial charge in [-0.15, -0.1) is 0 Å². The molecular weight excluding hydrogens is 194 g/mol. The molecule has 1 aliphatic rings. The molecule has 1 nitrogen and oxygen atoms in total. The molecule has 0 aliphatic heterocycles. The van der Waals surface area contributed by atoms with E-state index in [-0.39, 0.29) is 0 Å². The molecule has 0 aromatic heterocycles. The highest BCUT2D eigenvalue weighted by molar-refractivity contribution is 6.30. The van der Waals surface area contributed by atoms with Gasteiger partial charge in [0.1, 0.15) is 0 Å². The number of nitrogens with two attached hydrogens (primary N) is 1. The summed E-state index contributed by atoms with van der Waals surface area (Å²) in [6.07, 6.45) is 4.82. The van der Waals surface area contributed by atoms with Crippen molar-refractivity contribution in [1.82, 2.24) is 0 Å². The van der Waals surface area contributed by atoms with Gasteiger partial charge in [0.2, 0.25) is 0 Å². The molecule has 2 heteroatoms. The largest absolute Gasteiger partial charge is 0.328 e. The molecule has 0 bridgehead atoms. The van der Waals surface area contributed by atoms with Gasteiger partial charge >= 0.3 is 0 Å². The first-order valence-corrected chi connectivity index (χ1v) is 5.62. The molecule has 0 radical (unpaired) electrons. The summed E-state index contributed by atoms with van der Waals surface area (Å²) in [5, 5.41) is 0.817. The molecule has 0 saturated heterocycles. The van der Waals surface area contributed by atoms with Gasteiger partial charge in [-0.25, -0.2) is 0 Å². The minimum absolute atomic E-state index is 0.437. The van der Waals surface area contributed by atoms with E-state index >= 15 is 0 Å². The maximum Gasteiger partial charge on any atom is 0.0406 e. The summed E-state index contributed by atoms with van der Waals surface area (Å²) < 4.78 is 0. The van der Waals surface area contributed by atoms with Gasteiger partial charge in [-0.1, -0.05) is 23.7 Å². The van der Waals surface area contributed by atoms with E-state index in [1.807, 2.05) is 12.1 Å². The lowest BCUT2D eigenvalue weighted by Crippen LogP contribution is -2.15.